The maximum Gasteiger partial charge on any atom is 0.196 e. The molecule has 166 valence electrons. The van der Waals surface area contributed by atoms with Crippen molar-refractivity contribution < 1.29 is 9.79 Å². The van der Waals surface area contributed by atoms with Gasteiger partial charge in [0.2, 0.25) is 0 Å². The second-order valence-corrected chi connectivity index (χ2v) is 15.5. The Hall–Kier alpha value is 1.05. The van der Waals surface area contributed by atoms with E-state index in [1.54, 1.807) is 0 Å². The molecule has 0 spiro atoms. The van der Waals surface area contributed by atoms with Crippen LogP contribution in [0, 0.1) is 0 Å². The van der Waals surface area contributed by atoms with Crippen LogP contribution in [-0.2, 0) is 10.9 Å². The number of thiol groups is 2. The van der Waals surface area contributed by atoms with E-state index in [2.05, 4.69) is 33.0 Å². The summed E-state index contributed by atoms with van der Waals surface area (Å²) in [4.78, 5) is 20.4. The molecule has 2 nitrogen and oxygen atoms in total. The van der Waals surface area contributed by atoms with Crippen LogP contribution in [0.5, 0.6) is 0 Å². The van der Waals surface area contributed by atoms with E-state index >= 15 is 0 Å². The van der Waals surface area contributed by atoms with E-state index < -0.39 is 5.69 Å². The lowest BCUT2D eigenvalue weighted by atomic mass is 9.88. The molecule has 0 saturated carbocycles. The molecule has 0 fully saturated rings. The molecule has 0 aromatic carbocycles. The summed E-state index contributed by atoms with van der Waals surface area (Å²) in [5.41, 5.74) is -3.05. The van der Waals surface area contributed by atoms with Crippen molar-refractivity contribution in [3.8, 4) is 0 Å². The molecule has 0 atom stereocenters. The van der Waals surface area contributed by atoms with E-state index in [9.17, 15) is 9.79 Å². The van der Waals surface area contributed by atoms with Crippen LogP contribution in [0.4, 0.5) is 0 Å². The van der Waals surface area contributed by atoms with Crippen LogP contribution in [0.3, 0.4) is 0 Å². The topological polar surface area (TPSA) is 40.5 Å². The van der Waals surface area contributed by atoms with E-state index in [0.29, 0.717) is 0 Å². The molecule has 0 aliphatic carbocycles. The fraction of sp³-hybridized carbons (Fsp3) is 1.00. The highest BCUT2D eigenvalue weighted by atomic mass is 32.9. The van der Waals surface area contributed by atoms with Crippen LogP contribution in [0.15, 0.2) is 0 Å². The van der Waals surface area contributed by atoms with Crippen LogP contribution < -0.4 is 0 Å². The van der Waals surface area contributed by atoms with Gasteiger partial charge in [0.05, 0.1) is 0 Å². The highest BCUT2D eigenvalue weighted by Gasteiger charge is 2.28. The normalized spacial score (nSPS) is 12.7. The smallest absolute Gasteiger partial charge is 0.196 e. The summed E-state index contributed by atoms with van der Waals surface area (Å²) >= 11 is 4.19. The van der Waals surface area contributed by atoms with Gasteiger partial charge in [0.25, 0.3) is 0 Å². The van der Waals surface area contributed by atoms with Gasteiger partial charge in [-0.15, -0.1) is 10.9 Å². The van der Waals surface area contributed by atoms with Crippen molar-refractivity contribution in [1.82, 2.24) is 0 Å². The van der Waals surface area contributed by atoms with Gasteiger partial charge in [0.1, 0.15) is 0 Å². The first-order valence-corrected chi connectivity index (χ1v) is 16.2. The molecule has 0 aliphatic rings. The van der Waals surface area contributed by atoms with Crippen molar-refractivity contribution in [2.75, 3.05) is 0 Å². The number of hydrogen-bond acceptors (Lipinski definition) is 0. The Morgan fingerprint density at radius 3 is 1.22 bits per heavy atom. The fourth-order valence-corrected chi connectivity index (χ4v) is 9.64. The van der Waals surface area contributed by atoms with Crippen LogP contribution in [-0.4, -0.2) is 14.5 Å². The molecule has 0 aliphatic heterocycles. The van der Waals surface area contributed by atoms with E-state index in [0.717, 1.165) is 30.2 Å². The van der Waals surface area contributed by atoms with Gasteiger partial charge in [0.15, 0.2) is 5.69 Å². The molecule has 0 heterocycles. The average Bonchev–Trinajstić information content (AvgIpc) is 2.60. The molecular formula is C22H49O2PS2. The van der Waals surface area contributed by atoms with Crippen molar-refractivity contribution in [1.29, 1.82) is 0 Å². The van der Waals surface area contributed by atoms with Gasteiger partial charge in [-0.2, -0.15) is 0 Å². The fourth-order valence-electron chi connectivity index (χ4n) is 3.98. The Bertz CT molecular complexity index is 362. The lowest BCUT2D eigenvalue weighted by Crippen LogP contribution is -2.28. The first-order chi connectivity index (χ1) is 12.9. The lowest BCUT2D eigenvalue weighted by molar-refractivity contribution is 0.405. The quantitative estimate of drug-likeness (QED) is 0.0928. The van der Waals surface area contributed by atoms with E-state index in [-0.39, 0.29) is 4.75 Å². The Labute approximate surface area is 179 Å². The zero-order chi connectivity index (χ0) is 20.4. The average molecular weight is 441 g/mol. The molecular weight excluding hydrogens is 391 g/mol. The Morgan fingerprint density at radius 1 is 0.593 bits per heavy atom. The molecule has 5 heteroatoms. The molecule has 0 unspecified atom stereocenters. The molecule has 27 heavy (non-hydrogen) atoms. The molecule has 0 aromatic heterocycles. The highest BCUT2D eigenvalue weighted by Crippen LogP contribution is 2.48. The zero-order valence-electron chi connectivity index (χ0n) is 18.5. The predicted octanol–water partition coefficient (Wildman–Crippen LogP) is 8.21. The minimum atomic E-state index is -3.05. The summed E-state index contributed by atoms with van der Waals surface area (Å²) in [5, 5.41) is 0. The van der Waals surface area contributed by atoms with Crippen LogP contribution >= 0.6 is 17.9 Å². The number of unbranched alkanes of at least 4 members (excludes halogenated alkanes) is 12. The largest absolute Gasteiger partial charge is 0.342 e. The van der Waals surface area contributed by atoms with Crippen molar-refractivity contribution in [3.05, 3.63) is 0 Å². The zero-order valence-corrected chi connectivity index (χ0v) is 21.1. The second kappa shape index (κ2) is 17.9. The minimum Gasteiger partial charge on any atom is -0.342 e. The van der Waals surface area contributed by atoms with Crippen LogP contribution in [0.25, 0.3) is 0 Å². The van der Waals surface area contributed by atoms with Crippen LogP contribution in [0.2, 0.25) is 0 Å². The summed E-state index contributed by atoms with van der Waals surface area (Å²) in [5.74, 6) is 0. The van der Waals surface area contributed by atoms with Crippen molar-refractivity contribution in [2.45, 2.75) is 141 Å². The van der Waals surface area contributed by atoms with Gasteiger partial charge < -0.3 is 9.79 Å². The summed E-state index contributed by atoms with van der Waals surface area (Å²) in [6.45, 7) is 6.77. The molecule has 0 amide bonds. The third-order valence-electron chi connectivity index (χ3n) is 5.58. The first kappa shape index (κ1) is 28.1. The molecule has 2 N–H and O–H groups in total. The van der Waals surface area contributed by atoms with Crippen molar-refractivity contribution in [2.24, 2.45) is 0 Å². The minimum absolute atomic E-state index is 0.0733. The maximum absolute atomic E-state index is 10.2. The third-order valence-corrected chi connectivity index (χ3v) is 9.83. The van der Waals surface area contributed by atoms with Crippen molar-refractivity contribution in [3.63, 3.8) is 0 Å². The summed E-state index contributed by atoms with van der Waals surface area (Å²) < 4.78 is 0.0733. The SMILES string of the molecule is CCCCCCCCCC(CCCCCC)(CCCCCC)[SH]=P(O)(O)S. The Balaban J connectivity index is 4.80. The van der Waals surface area contributed by atoms with E-state index in [1.165, 1.54) is 96.3 Å². The van der Waals surface area contributed by atoms with Gasteiger partial charge in [-0.05, 0) is 19.3 Å². The molecule has 0 saturated heterocycles. The summed E-state index contributed by atoms with van der Waals surface area (Å²) in [6, 6.07) is 0. The Morgan fingerprint density at radius 2 is 0.889 bits per heavy atom. The predicted molar refractivity (Wildman–Crippen MR) is 132 cm³/mol. The van der Waals surface area contributed by atoms with Gasteiger partial charge in [-0.25, -0.2) is 0 Å². The standard InChI is InChI=1S/C22H49O2PS2/c1-4-7-10-13-14-15-18-21-22(27-25(23,24)26,19-16-11-8-5-2)20-17-12-9-6-3/h23-24,26-27H,4-21H2,1-3H3. The second-order valence-electron chi connectivity index (χ2n) is 8.35. The van der Waals surface area contributed by atoms with E-state index in [4.69, 9.17) is 0 Å². The van der Waals surface area contributed by atoms with Crippen LogP contribution in [0.1, 0.15) is 136 Å². The number of rotatable bonds is 19. The van der Waals surface area contributed by atoms with Gasteiger partial charge in [0, 0.05) is 4.75 Å². The maximum atomic E-state index is 10.2. The van der Waals surface area contributed by atoms with Gasteiger partial charge in [-0.3, -0.25) is 0 Å². The summed E-state index contributed by atoms with van der Waals surface area (Å²) in [7, 11) is 0.825. The monoisotopic (exact) mass is 440 g/mol. The highest BCUT2D eigenvalue weighted by molar-refractivity contribution is 8.62. The number of hydrogen-bond donors (Lipinski definition) is 4. The first-order valence-electron chi connectivity index (χ1n) is 11.7. The molecule has 0 radical (unpaired) electrons. The van der Waals surface area contributed by atoms with Crippen molar-refractivity contribution >= 4 is 28.9 Å². The van der Waals surface area contributed by atoms with Gasteiger partial charge >= 0.3 is 0 Å². The Kier molecular flexibility index (Phi) is 18.6. The van der Waals surface area contributed by atoms with E-state index in [1.807, 2.05) is 0 Å². The molecule has 0 rings (SSSR count). The summed E-state index contributed by atoms with van der Waals surface area (Å²) in [6.07, 6.45) is 22.7. The van der Waals surface area contributed by atoms with Gasteiger partial charge in [-0.1, -0.05) is 129 Å². The third kappa shape index (κ3) is 17.6. The lowest BCUT2D eigenvalue weighted by Gasteiger charge is -2.33. The molecule has 0 aromatic rings. The molecule has 0 bridgehead atoms.